The van der Waals surface area contributed by atoms with Crippen molar-refractivity contribution < 1.29 is 18.0 Å². The number of benzene rings is 3. The maximum Gasteiger partial charge on any atom is 0.257 e. The molecule has 0 radical (unpaired) electrons. The number of hydrogen-bond donors (Lipinski definition) is 3. The number of amides is 2. The lowest BCUT2D eigenvalue weighted by Crippen LogP contribution is -2.56. The molecule has 1 aromatic heterocycles. The number of fused-ring (bicyclic) bond motifs is 2. The summed E-state index contributed by atoms with van der Waals surface area (Å²) in [6.45, 7) is 1.46. The number of carbonyl (C=O) groups excluding carboxylic acids is 2. The van der Waals surface area contributed by atoms with E-state index in [0.717, 1.165) is 26.9 Å². The number of anilines is 1. The molecule has 2 aliphatic rings. The Kier molecular flexibility index (Phi) is 7.95. The molecule has 10 nitrogen and oxygen atoms in total. The van der Waals surface area contributed by atoms with Crippen LogP contribution >= 0.6 is 11.3 Å². The van der Waals surface area contributed by atoms with E-state index < -0.39 is 28.0 Å². The second kappa shape index (κ2) is 11.8. The molecule has 0 spiro atoms. The van der Waals surface area contributed by atoms with Gasteiger partial charge in [-0.1, -0.05) is 60.7 Å². The molecular weight excluding hydrogens is 573 g/mol. The first-order valence-corrected chi connectivity index (χ1v) is 16.2. The molecule has 4 aromatic rings. The Labute approximate surface area is 248 Å². The van der Waals surface area contributed by atoms with Gasteiger partial charge in [0, 0.05) is 24.4 Å². The van der Waals surface area contributed by atoms with Crippen molar-refractivity contribution in [2.24, 2.45) is 0 Å². The quantitative estimate of drug-likeness (QED) is 0.281. The highest BCUT2D eigenvalue weighted by Crippen LogP contribution is 2.27. The fourth-order valence-electron chi connectivity index (χ4n) is 5.66. The van der Waals surface area contributed by atoms with Gasteiger partial charge in [0.15, 0.2) is 5.13 Å². The fourth-order valence-corrected chi connectivity index (χ4v) is 7.78. The Morgan fingerprint density at radius 3 is 2.60 bits per heavy atom. The molecule has 1 saturated heterocycles. The summed E-state index contributed by atoms with van der Waals surface area (Å²) in [6, 6.07) is 19.9. The molecule has 6 rings (SSSR count). The maximum atomic E-state index is 14.0. The Morgan fingerprint density at radius 1 is 1.02 bits per heavy atom. The van der Waals surface area contributed by atoms with Gasteiger partial charge in [-0.2, -0.15) is 4.72 Å². The number of nitrogens with zero attached hydrogens (tertiary/aromatic N) is 3. The molecular formula is C30H32N6O4S2. The molecule has 12 heteroatoms. The fraction of sp³-hybridized carbons (Fsp3) is 0.300. The van der Waals surface area contributed by atoms with E-state index in [1.165, 1.54) is 16.2 Å². The van der Waals surface area contributed by atoms with Crippen LogP contribution in [0.15, 0.2) is 77.7 Å². The third kappa shape index (κ3) is 6.02. The minimum absolute atomic E-state index is 0.0796. The Hall–Kier alpha value is -3.84. The summed E-state index contributed by atoms with van der Waals surface area (Å²) in [6.07, 6.45) is 1.97. The summed E-state index contributed by atoms with van der Waals surface area (Å²) in [7, 11) is -4.05. The number of thiazole rings is 1. The van der Waals surface area contributed by atoms with Crippen molar-refractivity contribution >= 4 is 49.1 Å². The molecule has 0 unspecified atom stereocenters. The second-order valence-corrected chi connectivity index (χ2v) is 13.5. The molecule has 4 N–H and O–H groups in total. The normalized spacial score (nSPS) is 18.1. The maximum absolute atomic E-state index is 14.0. The Morgan fingerprint density at radius 2 is 1.79 bits per heavy atom. The molecule has 3 aromatic carbocycles. The van der Waals surface area contributed by atoms with Gasteiger partial charge in [-0.05, 0) is 47.7 Å². The standard InChI is InChI=1S/C30H32N6O4S2/c31-30-32-24-14-16-35(19-27(24)41-30)33-28(37)26-11-6-15-36(26)29(38)25(17-20-7-2-1-3-8-20)34-42(39,40)23-13-12-21-9-4-5-10-22(21)18-23/h1-5,7-10,12-13,18,25-26,34H,6,11,14-17,19H2,(H2,31,32)(H,33,37)/t25-,26+/m1/s1. The van der Waals surface area contributed by atoms with Crippen LogP contribution in [0.25, 0.3) is 10.8 Å². The zero-order valence-electron chi connectivity index (χ0n) is 22.9. The van der Waals surface area contributed by atoms with Gasteiger partial charge in [-0.3, -0.25) is 15.0 Å². The van der Waals surface area contributed by atoms with E-state index in [0.29, 0.717) is 44.0 Å². The van der Waals surface area contributed by atoms with Crippen LogP contribution in [0, 0.1) is 0 Å². The van der Waals surface area contributed by atoms with Crippen LogP contribution in [-0.4, -0.2) is 60.3 Å². The number of nitrogen functional groups attached to an aromatic ring is 1. The minimum atomic E-state index is -4.05. The van der Waals surface area contributed by atoms with E-state index in [4.69, 9.17) is 5.73 Å². The predicted octanol–water partition coefficient (Wildman–Crippen LogP) is 2.85. The lowest BCUT2D eigenvalue weighted by Gasteiger charge is -2.32. The summed E-state index contributed by atoms with van der Waals surface area (Å²) in [5, 5.41) is 4.04. The summed E-state index contributed by atoms with van der Waals surface area (Å²) in [5.41, 5.74) is 10.6. The highest BCUT2D eigenvalue weighted by atomic mass is 32.2. The van der Waals surface area contributed by atoms with Crippen molar-refractivity contribution in [3.05, 3.63) is 88.9 Å². The van der Waals surface area contributed by atoms with Gasteiger partial charge in [0.25, 0.3) is 5.91 Å². The zero-order chi connectivity index (χ0) is 29.3. The Bertz CT molecular complexity index is 1730. The molecule has 0 aliphatic carbocycles. The van der Waals surface area contributed by atoms with E-state index in [2.05, 4.69) is 15.1 Å². The van der Waals surface area contributed by atoms with Crippen LogP contribution < -0.4 is 15.9 Å². The number of rotatable bonds is 8. The lowest BCUT2D eigenvalue weighted by atomic mass is 10.1. The van der Waals surface area contributed by atoms with Gasteiger partial charge in [0.1, 0.15) is 12.1 Å². The molecule has 0 bridgehead atoms. The predicted molar refractivity (Wildman–Crippen MR) is 162 cm³/mol. The number of sulfonamides is 1. The van der Waals surface area contributed by atoms with Crippen LogP contribution in [0.2, 0.25) is 0 Å². The summed E-state index contributed by atoms with van der Waals surface area (Å²) in [5.74, 6) is -0.699. The van der Waals surface area contributed by atoms with Crippen molar-refractivity contribution in [2.75, 3.05) is 18.8 Å². The number of likely N-dealkylation sites (tertiary alicyclic amines) is 1. The highest BCUT2D eigenvalue weighted by molar-refractivity contribution is 7.89. The van der Waals surface area contributed by atoms with Gasteiger partial charge in [-0.15, -0.1) is 11.3 Å². The Balaban J connectivity index is 1.21. The minimum Gasteiger partial charge on any atom is -0.375 e. The molecule has 2 aliphatic heterocycles. The first-order chi connectivity index (χ1) is 20.3. The summed E-state index contributed by atoms with van der Waals surface area (Å²) < 4.78 is 29.9. The van der Waals surface area contributed by atoms with Gasteiger partial charge in [0.2, 0.25) is 15.9 Å². The topological polar surface area (TPSA) is 138 Å². The highest BCUT2D eigenvalue weighted by Gasteiger charge is 2.39. The van der Waals surface area contributed by atoms with E-state index >= 15 is 0 Å². The SMILES string of the molecule is Nc1nc2c(s1)CN(NC(=O)[C@@H]1CCCN1C(=O)[C@@H](Cc1ccccc1)NS(=O)(=O)c1ccc3ccccc3c1)CC2. The smallest absolute Gasteiger partial charge is 0.257 e. The third-order valence-electron chi connectivity index (χ3n) is 7.76. The number of carbonyl (C=O) groups is 2. The van der Waals surface area contributed by atoms with Crippen LogP contribution in [-0.2, 0) is 39.0 Å². The molecule has 3 heterocycles. The van der Waals surface area contributed by atoms with Crippen molar-refractivity contribution in [3.8, 4) is 0 Å². The number of hydrogen-bond acceptors (Lipinski definition) is 8. The van der Waals surface area contributed by atoms with Crippen LogP contribution in [0.4, 0.5) is 5.13 Å². The average Bonchev–Trinajstić information content (AvgIpc) is 3.63. The third-order valence-corrected chi connectivity index (χ3v) is 10.1. The second-order valence-electron chi connectivity index (χ2n) is 10.6. The zero-order valence-corrected chi connectivity index (χ0v) is 24.5. The van der Waals surface area contributed by atoms with E-state index in [1.807, 2.05) is 59.6 Å². The largest absolute Gasteiger partial charge is 0.375 e. The van der Waals surface area contributed by atoms with Crippen LogP contribution in [0.3, 0.4) is 0 Å². The number of aromatic nitrogens is 1. The van der Waals surface area contributed by atoms with Gasteiger partial charge in [0.05, 0.1) is 17.1 Å². The lowest BCUT2D eigenvalue weighted by molar-refractivity contribution is -0.141. The van der Waals surface area contributed by atoms with Crippen molar-refractivity contribution in [1.82, 2.24) is 25.0 Å². The van der Waals surface area contributed by atoms with Crippen LogP contribution in [0.5, 0.6) is 0 Å². The molecule has 42 heavy (non-hydrogen) atoms. The molecule has 2 amide bonds. The van der Waals surface area contributed by atoms with Crippen LogP contribution in [0.1, 0.15) is 29.0 Å². The van der Waals surface area contributed by atoms with Crippen molar-refractivity contribution in [3.63, 3.8) is 0 Å². The molecule has 2 atom stereocenters. The van der Waals surface area contributed by atoms with Gasteiger partial charge in [-0.25, -0.2) is 18.4 Å². The first kappa shape index (κ1) is 28.3. The number of nitrogens with one attached hydrogen (secondary N) is 2. The molecule has 1 fully saturated rings. The van der Waals surface area contributed by atoms with Gasteiger partial charge >= 0.3 is 0 Å². The number of nitrogens with two attached hydrogens (primary N) is 1. The van der Waals surface area contributed by atoms with E-state index in [9.17, 15) is 18.0 Å². The summed E-state index contributed by atoms with van der Waals surface area (Å²) in [4.78, 5) is 34.4. The van der Waals surface area contributed by atoms with Gasteiger partial charge < -0.3 is 10.6 Å². The van der Waals surface area contributed by atoms with E-state index in [-0.39, 0.29) is 17.2 Å². The molecule has 0 saturated carbocycles. The van der Waals surface area contributed by atoms with Crippen molar-refractivity contribution in [1.29, 1.82) is 0 Å². The summed E-state index contributed by atoms with van der Waals surface area (Å²) >= 11 is 1.41. The molecule has 218 valence electrons. The van der Waals surface area contributed by atoms with E-state index in [1.54, 1.807) is 18.2 Å². The number of hydrazine groups is 1. The first-order valence-electron chi connectivity index (χ1n) is 13.9. The average molecular weight is 605 g/mol. The monoisotopic (exact) mass is 604 g/mol. The van der Waals surface area contributed by atoms with Crippen molar-refractivity contribution in [2.45, 2.75) is 49.2 Å².